The molecule has 0 bridgehead atoms. The van der Waals surface area contributed by atoms with Gasteiger partial charge in [0.2, 0.25) is 11.8 Å². The Morgan fingerprint density at radius 1 is 1.29 bits per heavy atom. The van der Waals surface area contributed by atoms with E-state index < -0.39 is 5.92 Å². The van der Waals surface area contributed by atoms with Crippen LogP contribution in [0.15, 0.2) is 30.3 Å². The van der Waals surface area contributed by atoms with Gasteiger partial charge in [0.1, 0.15) is 5.92 Å². The van der Waals surface area contributed by atoms with Crippen molar-refractivity contribution in [2.24, 2.45) is 5.92 Å². The van der Waals surface area contributed by atoms with Crippen molar-refractivity contribution in [1.29, 1.82) is 0 Å². The topological polar surface area (TPSA) is 49.4 Å². The molecule has 0 aliphatic carbocycles. The molecule has 1 aliphatic rings. The van der Waals surface area contributed by atoms with Crippen molar-refractivity contribution in [2.75, 3.05) is 4.90 Å². The number of nitrogens with zero attached hydrogens (tertiary/aromatic N) is 1. The fraction of sp³-hybridized carbons (Fsp3) is 0.250. The van der Waals surface area contributed by atoms with Gasteiger partial charge in [-0.15, -0.1) is 0 Å². The first-order valence-corrected chi connectivity index (χ1v) is 5.79. The maximum absolute atomic E-state index is 12.2. The summed E-state index contributed by atoms with van der Waals surface area (Å²) in [6, 6.07) is 9.07. The van der Waals surface area contributed by atoms with Crippen LogP contribution in [0.1, 0.15) is 13.3 Å². The third-order valence-corrected chi connectivity index (χ3v) is 2.98. The Morgan fingerprint density at radius 2 is 1.94 bits per heavy atom. The summed E-state index contributed by atoms with van der Waals surface area (Å²) < 4.78 is 0. The first kappa shape index (κ1) is 11.7. The van der Waals surface area contributed by atoms with E-state index in [0.29, 0.717) is 12.1 Å². The Balaban J connectivity index is 2.37. The van der Waals surface area contributed by atoms with Gasteiger partial charge in [-0.05, 0) is 30.8 Å². The molecule has 1 aliphatic heterocycles. The minimum Gasteiger partial charge on any atom is -0.302 e. The van der Waals surface area contributed by atoms with Crippen LogP contribution in [0.5, 0.6) is 0 Å². The summed E-state index contributed by atoms with van der Waals surface area (Å²) in [5.74, 6) is -1.22. The van der Waals surface area contributed by atoms with Gasteiger partial charge in [0.05, 0.1) is 5.69 Å². The molecule has 1 aromatic carbocycles. The zero-order chi connectivity index (χ0) is 12.4. The Labute approximate surface area is 105 Å². The number of benzene rings is 1. The normalized spacial score (nSPS) is 20.4. The molecule has 88 valence electrons. The lowest BCUT2D eigenvalue weighted by atomic mass is 10.0. The maximum Gasteiger partial charge on any atom is 0.245 e. The number of carbonyl (C=O) groups is 2. The smallest absolute Gasteiger partial charge is 0.245 e. The quantitative estimate of drug-likeness (QED) is 0.637. The lowest BCUT2D eigenvalue weighted by Gasteiger charge is -2.31. The predicted octanol–water partition coefficient (Wildman–Crippen LogP) is 1.46. The van der Waals surface area contributed by atoms with Crippen LogP contribution >= 0.6 is 12.2 Å². The maximum atomic E-state index is 12.2. The average Bonchev–Trinajstić information content (AvgIpc) is 2.30. The first-order chi connectivity index (χ1) is 8.15. The minimum absolute atomic E-state index is 0.149. The molecule has 5 heteroatoms. The number of rotatable bonds is 2. The van der Waals surface area contributed by atoms with Crippen LogP contribution in [0.25, 0.3) is 0 Å². The van der Waals surface area contributed by atoms with Crippen LogP contribution in [0.4, 0.5) is 5.69 Å². The summed E-state index contributed by atoms with van der Waals surface area (Å²) in [6.07, 6.45) is 0.469. The summed E-state index contributed by atoms with van der Waals surface area (Å²) in [6.45, 7) is 1.81. The van der Waals surface area contributed by atoms with E-state index in [1.165, 1.54) is 4.90 Å². The average molecular weight is 248 g/mol. The molecule has 1 aromatic rings. The number of nitrogens with one attached hydrogen (secondary N) is 1. The highest BCUT2D eigenvalue weighted by Gasteiger charge is 2.37. The first-order valence-electron chi connectivity index (χ1n) is 5.39. The molecule has 1 heterocycles. The molecule has 1 atom stereocenters. The molecule has 17 heavy (non-hydrogen) atoms. The SMILES string of the molecule is CC[C@@H]1C(=O)NC(=S)N(c2ccccc2)C1=O. The Kier molecular flexibility index (Phi) is 3.19. The number of carbonyl (C=O) groups excluding carboxylic acids is 2. The molecule has 1 saturated heterocycles. The van der Waals surface area contributed by atoms with Gasteiger partial charge >= 0.3 is 0 Å². The zero-order valence-electron chi connectivity index (χ0n) is 9.34. The second-order valence-corrected chi connectivity index (χ2v) is 4.15. The van der Waals surface area contributed by atoms with Gasteiger partial charge in [-0.3, -0.25) is 14.5 Å². The predicted molar refractivity (Wildman–Crippen MR) is 68.4 cm³/mol. The molecule has 4 nitrogen and oxygen atoms in total. The van der Waals surface area contributed by atoms with Crippen molar-refractivity contribution in [2.45, 2.75) is 13.3 Å². The van der Waals surface area contributed by atoms with Crippen molar-refractivity contribution in [3.8, 4) is 0 Å². The van der Waals surface area contributed by atoms with Crippen LogP contribution < -0.4 is 10.2 Å². The summed E-state index contributed by atoms with van der Waals surface area (Å²) in [5.41, 5.74) is 0.681. The van der Waals surface area contributed by atoms with Gasteiger partial charge < -0.3 is 5.32 Å². The molecule has 0 aromatic heterocycles. The molecule has 0 radical (unpaired) electrons. The molecule has 1 fully saturated rings. The van der Waals surface area contributed by atoms with E-state index in [2.05, 4.69) is 5.32 Å². The van der Waals surface area contributed by atoms with Crippen LogP contribution in [0.3, 0.4) is 0 Å². The van der Waals surface area contributed by atoms with Crippen LogP contribution in [-0.2, 0) is 9.59 Å². The standard InChI is InChI=1S/C12H12N2O2S/c1-2-9-10(15)13-12(17)14(11(9)16)8-6-4-3-5-7-8/h3-7,9H,2H2,1H3,(H,13,15,17)/t9-/m1/s1. The lowest BCUT2D eigenvalue weighted by molar-refractivity contribution is -0.133. The number of para-hydroxylation sites is 1. The fourth-order valence-corrected chi connectivity index (χ4v) is 2.09. The zero-order valence-corrected chi connectivity index (χ0v) is 10.2. The summed E-state index contributed by atoms with van der Waals surface area (Å²) >= 11 is 5.04. The van der Waals surface area contributed by atoms with E-state index >= 15 is 0 Å². The molecule has 1 N–H and O–H groups in total. The van der Waals surface area contributed by atoms with E-state index in [1.807, 2.05) is 18.2 Å². The number of hydrogen-bond acceptors (Lipinski definition) is 3. The van der Waals surface area contributed by atoms with Gasteiger partial charge in [0.25, 0.3) is 0 Å². The van der Waals surface area contributed by atoms with Crippen LogP contribution in [0, 0.1) is 5.92 Å². The minimum atomic E-state index is -0.651. The third kappa shape index (κ3) is 2.06. The number of thiocarbonyl (C=S) groups is 1. The van der Waals surface area contributed by atoms with Gasteiger partial charge in [0.15, 0.2) is 5.11 Å². The molecule has 0 spiro atoms. The van der Waals surface area contributed by atoms with Crippen LogP contribution in [-0.4, -0.2) is 16.9 Å². The summed E-state index contributed by atoms with van der Waals surface area (Å²) in [7, 11) is 0. The van der Waals surface area contributed by atoms with E-state index in [0.717, 1.165) is 0 Å². The highest BCUT2D eigenvalue weighted by atomic mass is 32.1. The monoisotopic (exact) mass is 248 g/mol. The van der Waals surface area contributed by atoms with Gasteiger partial charge in [-0.25, -0.2) is 0 Å². The van der Waals surface area contributed by atoms with Crippen LogP contribution in [0.2, 0.25) is 0 Å². The highest BCUT2D eigenvalue weighted by Crippen LogP contribution is 2.21. The number of anilines is 1. The lowest BCUT2D eigenvalue weighted by Crippen LogP contribution is -2.57. The summed E-state index contributed by atoms with van der Waals surface area (Å²) in [4.78, 5) is 25.1. The fourth-order valence-electron chi connectivity index (χ4n) is 1.80. The third-order valence-electron chi connectivity index (χ3n) is 2.69. The Bertz CT molecular complexity index is 473. The Morgan fingerprint density at radius 3 is 2.53 bits per heavy atom. The van der Waals surface area contributed by atoms with Crippen molar-refractivity contribution >= 4 is 34.8 Å². The largest absolute Gasteiger partial charge is 0.302 e. The van der Waals surface area contributed by atoms with Crippen molar-refractivity contribution in [3.63, 3.8) is 0 Å². The van der Waals surface area contributed by atoms with E-state index in [4.69, 9.17) is 12.2 Å². The highest BCUT2D eigenvalue weighted by molar-refractivity contribution is 7.80. The summed E-state index contributed by atoms with van der Waals surface area (Å²) in [5, 5.41) is 2.71. The second-order valence-electron chi connectivity index (χ2n) is 3.76. The van der Waals surface area contributed by atoms with E-state index in [-0.39, 0.29) is 16.9 Å². The van der Waals surface area contributed by atoms with E-state index in [9.17, 15) is 9.59 Å². The molecule has 2 amide bonds. The second kappa shape index (κ2) is 4.63. The molecule has 0 unspecified atom stereocenters. The van der Waals surface area contributed by atoms with Crippen molar-refractivity contribution in [1.82, 2.24) is 5.32 Å². The van der Waals surface area contributed by atoms with Gasteiger partial charge in [-0.1, -0.05) is 25.1 Å². The van der Waals surface area contributed by atoms with Crippen molar-refractivity contribution in [3.05, 3.63) is 30.3 Å². The molecule has 2 rings (SSSR count). The van der Waals surface area contributed by atoms with Gasteiger partial charge in [-0.2, -0.15) is 0 Å². The van der Waals surface area contributed by atoms with Gasteiger partial charge in [0, 0.05) is 0 Å². The molecular weight excluding hydrogens is 236 g/mol. The Hall–Kier alpha value is -1.75. The van der Waals surface area contributed by atoms with E-state index in [1.54, 1.807) is 19.1 Å². The molecule has 0 saturated carbocycles. The number of hydrogen-bond donors (Lipinski definition) is 1. The van der Waals surface area contributed by atoms with Crippen molar-refractivity contribution < 1.29 is 9.59 Å². The number of amides is 2. The molecular formula is C12H12N2O2S.